The quantitative estimate of drug-likeness (QED) is 0.446. The maximum atomic E-state index is 10.6. The fraction of sp³-hybridized carbons (Fsp3) is 0.625. The van der Waals surface area contributed by atoms with E-state index in [1.807, 2.05) is 13.0 Å². The van der Waals surface area contributed by atoms with Gasteiger partial charge < -0.3 is 0 Å². The molecule has 0 radical (unpaired) electrons. The van der Waals surface area contributed by atoms with Crippen molar-refractivity contribution in [1.82, 2.24) is 0 Å². The molecule has 0 amide bonds. The summed E-state index contributed by atoms with van der Waals surface area (Å²) < 4.78 is 0. The number of hydrogen-bond donors (Lipinski definition) is 0. The molecule has 1 saturated carbocycles. The first-order chi connectivity index (χ1) is 4.60. The Morgan fingerprint density at radius 1 is 1.80 bits per heavy atom. The summed E-state index contributed by atoms with van der Waals surface area (Å²) in [6, 6.07) is 0. The van der Waals surface area contributed by atoms with Crippen molar-refractivity contribution < 1.29 is 4.79 Å². The van der Waals surface area contributed by atoms with E-state index in [4.69, 9.17) is 11.6 Å². The number of halogens is 1. The van der Waals surface area contributed by atoms with Gasteiger partial charge >= 0.3 is 0 Å². The summed E-state index contributed by atoms with van der Waals surface area (Å²) in [5.41, 5.74) is 0.0770. The predicted octanol–water partition coefficient (Wildman–Crippen LogP) is 2.35. The van der Waals surface area contributed by atoms with Crippen molar-refractivity contribution >= 4 is 16.8 Å². The van der Waals surface area contributed by atoms with Crippen LogP contribution in [0.1, 0.15) is 20.3 Å². The Labute approximate surface area is 66.1 Å². The molecule has 2 atom stereocenters. The SMILES string of the molecule is C/C=C/C1(C)CC1C(=O)Cl. The Kier molecular flexibility index (Phi) is 1.86. The lowest BCUT2D eigenvalue weighted by Gasteiger charge is -1.98. The Hall–Kier alpha value is -0.300. The van der Waals surface area contributed by atoms with Crippen molar-refractivity contribution in [3.05, 3.63) is 12.2 Å². The molecule has 2 unspecified atom stereocenters. The van der Waals surface area contributed by atoms with E-state index >= 15 is 0 Å². The number of carbonyl (C=O) groups is 1. The van der Waals surface area contributed by atoms with Crippen LogP contribution in [0.15, 0.2) is 12.2 Å². The van der Waals surface area contributed by atoms with E-state index in [-0.39, 0.29) is 16.6 Å². The van der Waals surface area contributed by atoms with Gasteiger partial charge in [0.15, 0.2) is 0 Å². The second kappa shape index (κ2) is 2.39. The van der Waals surface area contributed by atoms with Crippen LogP contribution in [0, 0.1) is 11.3 Å². The fourth-order valence-corrected chi connectivity index (χ4v) is 1.61. The molecule has 0 heterocycles. The van der Waals surface area contributed by atoms with Gasteiger partial charge in [0.2, 0.25) is 5.24 Å². The van der Waals surface area contributed by atoms with E-state index in [9.17, 15) is 4.79 Å². The highest BCUT2D eigenvalue weighted by Gasteiger charge is 2.51. The third-order valence-electron chi connectivity index (χ3n) is 2.10. The molecule has 0 spiro atoms. The first-order valence-corrected chi connectivity index (χ1v) is 3.81. The number of rotatable bonds is 2. The number of allylic oxidation sites excluding steroid dienone is 2. The Morgan fingerprint density at radius 2 is 2.40 bits per heavy atom. The zero-order valence-electron chi connectivity index (χ0n) is 6.23. The normalized spacial score (nSPS) is 38.5. The van der Waals surface area contributed by atoms with Gasteiger partial charge in [0.1, 0.15) is 0 Å². The molecule has 0 aromatic heterocycles. The Balaban J connectivity index is 2.56. The van der Waals surface area contributed by atoms with Crippen LogP contribution in [0.4, 0.5) is 0 Å². The molecular formula is C8H11ClO. The lowest BCUT2D eigenvalue weighted by Crippen LogP contribution is -1.98. The van der Waals surface area contributed by atoms with Gasteiger partial charge in [-0.1, -0.05) is 19.1 Å². The molecule has 0 saturated heterocycles. The van der Waals surface area contributed by atoms with Crippen LogP contribution in [0.5, 0.6) is 0 Å². The van der Waals surface area contributed by atoms with Crippen LogP contribution in [0.3, 0.4) is 0 Å². The zero-order valence-corrected chi connectivity index (χ0v) is 6.98. The van der Waals surface area contributed by atoms with Crippen LogP contribution in [0.25, 0.3) is 0 Å². The third kappa shape index (κ3) is 1.24. The second-order valence-corrected chi connectivity index (χ2v) is 3.44. The lowest BCUT2D eigenvalue weighted by atomic mass is 10.1. The average Bonchev–Trinajstić information content (AvgIpc) is 2.43. The largest absolute Gasteiger partial charge is 0.281 e. The standard InChI is InChI=1S/C8H11ClO/c1-3-4-8(2)5-6(8)7(9)10/h3-4,6H,5H2,1-2H3/b4-3+. The topological polar surface area (TPSA) is 17.1 Å². The highest BCUT2D eigenvalue weighted by molar-refractivity contribution is 6.64. The molecule has 1 aliphatic rings. The van der Waals surface area contributed by atoms with E-state index in [1.165, 1.54) is 0 Å². The summed E-state index contributed by atoms with van der Waals surface area (Å²) in [6.45, 7) is 4.01. The van der Waals surface area contributed by atoms with E-state index in [0.717, 1.165) is 6.42 Å². The molecule has 1 nitrogen and oxygen atoms in total. The van der Waals surface area contributed by atoms with Gasteiger partial charge in [-0.2, -0.15) is 0 Å². The van der Waals surface area contributed by atoms with Gasteiger partial charge in [-0.05, 0) is 30.4 Å². The summed E-state index contributed by atoms with van der Waals surface area (Å²) in [4.78, 5) is 10.6. The van der Waals surface area contributed by atoms with Gasteiger partial charge in [0, 0.05) is 5.92 Å². The van der Waals surface area contributed by atoms with Crippen LogP contribution in [-0.2, 0) is 4.79 Å². The second-order valence-electron chi connectivity index (χ2n) is 3.07. The molecular weight excluding hydrogens is 148 g/mol. The number of hydrogen-bond acceptors (Lipinski definition) is 1. The molecule has 2 heteroatoms. The number of carbonyl (C=O) groups excluding carboxylic acids is 1. The van der Waals surface area contributed by atoms with Crippen molar-refractivity contribution in [2.45, 2.75) is 20.3 Å². The van der Waals surface area contributed by atoms with Gasteiger partial charge in [-0.25, -0.2) is 0 Å². The van der Waals surface area contributed by atoms with E-state index in [1.54, 1.807) is 0 Å². The fourth-order valence-electron chi connectivity index (χ4n) is 1.29. The molecule has 1 aliphatic carbocycles. The van der Waals surface area contributed by atoms with Crippen molar-refractivity contribution in [3.8, 4) is 0 Å². The summed E-state index contributed by atoms with van der Waals surface area (Å²) >= 11 is 5.32. The van der Waals surface area contributed by atoms with Crippen molar-refractivity contribution in [3.63, 3.8) is 0 Å². The molecule has 0 N–H and O–H groups in total. The van der Waals surface area contributed by atoms with Gasteiger partial charge in [-0.15, -0.1) is 0 Å². The summed E-state index contributed by atoms with van der Waals surface area (Å²) in [6.07, 6.45) is 4.94. The maximum Gasteiger partial charge on any atom is 0.225 e. The molecule has 1 rings (SSSR count). The minimum Gasteiger partial charge on any atom is -0.281 e. The zero-order chi connectivity index (χ0) is 7.78. The molecule has 1 fully saturated rings. The van der Waals surface area contributed by atoms with Crippen molar-refractivity contribution in [2.75, 3.05) is 0 Å². The third-order valence-corrected chi connectivity index (χ3v) is 2.36. The highest BCUT2D eigenvalue weighted by Crippen LogP contribution is 2.54. The molecule has 56 valence electrons. The van der Waals surface area contributed by atoms with E-state index in [0.29, 0.717) is 0 Å². The molecule has 0 bridgehead atoms. The average molecular weight is 159 g/mol. The van der Waals surface area contributed by atoms with Gasteiger partial charge in [0.25, 0.3) is 0 Å². The van der Waals surface area contributed by atoms with Crippen molar-refractivity contribution in [2.24, 2.45) is 11.3 Å². The summed E-state index contributed by atoms with van der Waals surface area (Å²) in [5, 5.41) is -0.194. The summed E-state index contributed by atoms with van der Waals surface area (Å²) in [7, 11) is 0. The molecule has 0 aliphatic heterocycles. The van der Waals surface area contributed by atoms with Crippen LogP contribution in [0.2, 0.25) is 0 Å². The minimum atomic E-state index is -0.194. The lowest BCUT2D eigenvalue weighted by molar-refractivity contribution is -0.113. The molecule has 0 aromatic carbocycles. The maximum absolute atomic E-state index is 10.6. The van der Waals surface area contributed by atoms with E-state index < -0.39 is 0 Å². The first-order valence-electron chi connectivity index (χ1n) is 3.43. The highest BCUT2D eigenvalue weighted by atomic mass is 35.5. The Bertz CT molecular complexity index is 186. The predicted molar refractivity (Wildman–Crippen MR) is 41.9 cm³/mol. The molecule has 10 heavy (non-hydrogen) atoms. The smallest absolute Gasteiger partial charge is 0.225 e. The first kappa shape index (κ1) is 7.80. The van der Waals surface area contributed by atoms with Gasteiger partial charge in [0.05, 0.1) is 0 Å². The monoisotopic (exact) mass is 158 g/mol. The molecule has 0 aromatic rings. The Morgan fingerprint density at radius 3 is 2.70 bits per heavy atom. The van der Waals surface area contributed by atoms with E-state index in [2.05, 4.69) is 13.0 Å². The van der Waals surface area contributed by atoms with Crippen molar-refractivity contribution in [1.29, 1.82) is 0 Å². The van der Waals surface area contributed by atoms with Crippen LogP contribution >= 0.6 is 11.6 Å². The van der Waals surface area contributed by atoms with Crippen LogP contribution in [-0.4, -0.2) is 5.24 Å². The minimum absolute atomic E-state index is 0.0744. The van der Waals surface area contributed by atoms with Crippen LogP contribution < -0.4 is 0 Å². The summed E-state index contributed by atoms with van der Waals surface area (Å²) in [5.74, 6) is 0.0744. The van der Waals surface area contributed by atoms with Gasteiger partial charge in [-0.3, -0.25) is 4.79 Å².